The third-order valence-corrected chi connectivity index (χ3v) is 5.57. The maximum Gasteiger partial charge on any atom is 0.190 e. The van der Waals surface area contributed by atoms with Gasteiger partial charge in [0.25, 0.3) is 0 Å². The Morgan fingerprint density at radius 1 is 1.27 bits per heavy atom. The van der Waals surface area contributed by atoms with Crippen molar-refractivity contribution in [1.82, 2.24) is 15.5 Å². The van der Waals surface area contributed by atoms with Gasteiger partial charge in [0.1, 0.15) is 0 Å². The lowest BCUT2D eigenvalue weighted by molar-refractivity contribution is 0.127. The van der Waals surface area contributed by atoms with Crippen molar-refractivity contribution in [2.75, 3.05) is 59.6 Å². The molecule has 3 N–H and O–H groups in total. The third-order valence-electron chi connectivity index (χ3n) is 5.57. The zero-order valence-electron chi connectivity index (χ0n) is 16.8. The number of likely N-dealkylation sites (tertiary alicyclic amines) is 1. The number of hydrogen-bond donors (Lipinski definition) is 3. The van der Waals surface area contributed by atoms with Gasteiger partial charge >= 0.3 is 0 Å². The molecule has 6 nitrogen and oxygen atoms in total. The fourth-order valence-electron chi connectivity index (χ4n) is 4.29. The Hall–Kier alpha value is -0.120. The number of nitrogens with zero attached hydrogens (tertiary/aromatic N) is 2. The van der Waals surface area contributed by atoms with E-state index in [1.165, 1.54) is 19.5 Å². The van der Waals surface area contributed by atoms with Gasteiger partial charge in [0.05, 0.1) is 6.61 Å². The summed E-state index contributed by atoms with van der Waals surface area (Å²) < 4.78 is 5.55. The Balaban J connectivity index is 0.00000338. The summed E-state index contributed by atoms with van der Waals surface area (Å²) in [5.74, 6) is 2.49. The topological polar surface area (TPSA) is 69.1 Å². The van der Waals surface area contributed by atoms with E-state index in [0.29, 0.717) is 0 Å². The van der Waals surface area contributed by atoms with E-state index in [4.69, 9.17) is 4.74 Å². The predicted octanol–water partition coefficient (Wildman–Crippen LogP) is 1.93. The second kappa shape index (κ2) is 12.4. The largest absolute Gasteiger partial charge is 0.396 e. The molecule has 3 atom stereocenters. The first-order chi connectivity index (χ1) is 12.1. The van der Waals surface area contributed by atoms with Gasteiger partial charge < -0.3 is 25.4 Å². The minimum Gasteiger partial charge on any atom is -0.396 e. The van der Waals surface area contributed by atoms with Crippen LogP contribution in [0.5, 0.6) is 0 Å². The highest BCUT2D eigenvalue weighted by atomic mass is 127. The lowest BCUT2D eigenvalue weighted by atomic mass is 9.84. The van der Waals surface area contributed by atoms with Crippen LogP contribution < -0.4 is 10.6 Å². The molecule has 0 spiro atoms. The minimum absolute atomic E-state index is 0. The molecule has 3 unspecified atom stereocenters. The highest BCUT2D eigenvalue weighted by molar-refractivity contribution is 14.0. The molecule has 0 amide bonds. The van der Waals surface area contributed by atoms with Crippen LogP contribution in [0.15, 0.2) is 4.99 Å². The first kappa shape index (κ1) is 23.9. The first-order valence-corrected chi connectivity index (χ1v) is 9.92. The summed E-state index contributed by atoms with van der Waals surface area (Å²) in [7, 11) is 1.81. The smallest absolute Gasteiger partial charge is 0.190 e. The van der Waals surface area contributed by atoms with Gasteiger partial charge in [0.15, 0.2) is 5.96 Å². The molecule has 154 valence electrons. The molecule has 2 fully saturated rings. The summed E-state index contributed by atoms with van der Waals surface area (Å²) in [6.07, 6.45) is 4.28. The first-order valence-electron chi connectivity index (χ1n) is 9.92. The van der Waals surface area contributed by atoms with Crippen molar-refractivity contribution in [1.29, 1.82) is 0 Å². The van der Waals surface area contributed by atoms with E-state index in [2.05, 4.69) is 34.4 Å². The van der Waals surface area contributed by atoms with Crippen LogP contribution in [0.4, 0.5) is 0 Å². The monoisotopic (exact) mass is 482 g/mol. The molecular weight excluding hydrogens is 443 g/mol. The van der Waals surface area contributed by atoms with Gasteiger partial charge in [-0.2, -0.15) is 0 Å². The van der Waals surface area contributed by atoms with Crippen molar-refractivity contribution in [3.05, 3.63) is 0 Å². The van der Waals surface area contributed by atoms with Crippen LogP contribution in [0.2, 0.25) is 0 Å². The second-order valence-corrected chi connectivity index (χ2v) is 8.19. The summed E-state index contributed by atoms with van der Waals surface area (Å²) in [5.41, 5.74) is 0.0481. The summed E-state index contributed by atoms with van der Waals surface area (Å²) in [5, 5.41) is 16.2. The molecule has 0 aromatic heterocycles. The number of guanidine groups is 1. The summed E-state index contributed by atoms with van der Waals surface area (Å²) >= 11 is 0. The van der Waals surface area contributed by atoms with Crippen molar-refractivity contribution in [2.24, 2.45) is 22.2 Å². The quantitative estimate of drug-likeness (QED) is 0.214. The number of halogens is 1. The van der Waals surface area contributed by atoms with Crippen LogP contribution in [-0.4, -0.2) is 75.6 Å². The average molecular weight is 482 g/mol. The third kappa shape index (κ3) is 7.86. The van der Waals surface area contributed by atoms with E-state index >= 15 is 0 Å². The molecule has 0 aromatic carbocycles. The lowest BCUT2D eigenvalue weighted by Gasteiger charge is -2.35. The Morgan fingerprint density at radius 3 is 2.58 bits per heavy atom. The Bertz CT molecular complexity index is 406. The molecule has 0 radical (unpaired) electrons. The van der Waals surface area contributed by atoms with Crippen molar-refractivity contribution in [3.8, 4) is 0 Å². The number of aliphatic hydroxyl groups excluding tert-OH is 1. The molecule has 0 bridgehead atoms. The highest BCUT2D eigenvalue weighted by Gasteiger charge is 2.34. The van der Waals surface area contributed by atoms with Crippen molar-refractivity contribution in [3.63, 3.8) is 0 Å². The van der Waals surface area contributed by atoms with Gasteiger partial charge in [0.2, 0.25) is 0 Å². The van der Waals surface area contributed by atoms with E-state index in [1.54, 1.807) is 0 Å². The van der Waals surface area contributed by atoms with E-state index in [0.717, 1.165) is 69.9 Å². The molecule has 0 aliphatic carbocycles. The highest BCUT2D eigenvalue weighted by Crippen LogP contribution is 2.31. The number of nitrogens with one attached hydrogen (secondary N) is 2. The standard InChI is InChI=1S/C19H38N4O2.HI/c1-16-11-17(2)13-23(12-16)8-4-7-21-18(20-3)22-14-19(5-9-24)6-10-25-15-19;/h16-17,24H,4-15H2,1-3H3,(H2,20,21,22);1H. The Labute approximate surface area is 176 Å². The number of piperidine rings is 1. The van der Waals surface area contributed by atoms with Gasteiger partial charge in [-0.3, -0.25) is 4.99 Å². The molecule has 0 saturated carbocycles. The van der Waals surface area contributed by atoms with Crippen LogP contribution in [0.25, 0.3) is 0 Å². The number of hydrogen-bond acceptors (Lipinski definition) is 4. The molecule has 2 aliphatic heterocycles. The SMILES string of the molecule is CN=C(NCCCN1CC(C)CC(C)C1)NCC1(CCO)CCOC1.I. The van der Waals surface area contributed by atoms with Crippen molar-refractivity contribution < 1.29 is 9.84 Å². The van der Waals surface area contributed by atoms with Crippen LogP contribution in [-0.2, 0) is 4.74 Å². The van der Waals surface area contributed by atoms with E-state index < -0.39 is 0 Å². The molecule has 2 heterocycles. The summed E-state index contributed by atoms with van der Waals surface area (Å²) in [4.78, 5) is 6.93. The zero-order chi connectivity index (χ0) is 18.1. The molecule has 2 rings (SSSR count). The van der Waals surface area contributed by atoms with Crippen LogP contribution in [0.3, 0.4) is 0 Å². The molecule has 2 saturated heterocycles. The van der Waals surface area contributed by atoms with E-state index in [-0.39, 0.29) is 36.0 Å². The van der Waals surface area contributed by atoms with Gasteiger partial charge in [0, 0.05) is 51.9 Å². The molecule has 2 aliphatic rings. The van der Waals surface area contributed by atoms with Crippen molar-refractivity contribution >= 4 is 29.9 Å². The number of aliphatic hydroxyl groups is 1. The van der Waals surface area contributed by atoms with Gasteiger partial charge in [-0.1, -0.05) is 13.8 Å². The maximum atomic E-state index is 9.31. The molecule has 26 heavy (non-hydrogen) atoms. The summed E-state index contributed by atoms with van der Waals surface area (Å²) in [6.45, 7) is 11.8. The normalized spacial score (nSPS) is 30.1. The van der Waals surface area contributed by atoms with Crippen molar-refractivity contribution in [2.45, 2.75) is 39.5 Å². The number of ether oxygens (including phenoxy) is 1. The van der Waals surface area contributed by atoms with Gasteiger partial charge in [-0.25, -0.2) is 0 Å². The fraction of sp³-hybridized carbons (Fsp3) is 0.947. The van der Waals surface area contributed by atoms with E-state index in [1.807, 2.05) is 7.05 Å². The van der Waals surface area contributed by atoms with Gasteiger partial charge in [-0.05, 0) is 44.1 Å². The lowest BCUT2D eigenvalue weighted by Crippen LogP contribution is -2.45. The number of rotatable bonds is 8. The van der Waals surface area contributed by atoms with Crippen LogP contribution in [0, 0.1) is 17.3 Å². The van der Waals surface area contributed by atoms with Crippen LogP contribution >= 0.6 is 24.0 Å². The van der Waals surface area contributed by atoms with Crippen LogP contribution in [0.1, 0.15) is 39.5 Å². The maximum absolute atomic E-state index is 9.31. The Kier molecular flexibility index (Phi) is 11.4. The molecular formula is C19H39IN4O2. The fourth-order valence-corrected chi connectivity index (χ4v) is 4.29. The zero-order valence-corrected chi connectivity index (χ0v) is 19.1. The molecule has 7 heteroatoms. The van der Waals surface area contributed by atoms with E-state index in [9.17, 15) is 5.11 Å². The second-order valence-electron chi connectivity index (χ2n) is 8.19. The summed E-state index contributed by atoms with van der Waals surface area (Å²) in [6, 6.07) is 0. The predicted molar refractivity (Wildman–Crippen MR) is 118 cm³/mol. The molecule has 0 aromatic rings. The number of aliphatic imine (C=N–C) groups is 1. The minimum atomic E-state index is 0. The van der Waals surface area contributed by atoms with Gasteiger partial charge in [-0.15, -0.1) is 24.0 Å². The average Bonchev–Trinajstić information content (AvgIpc) is 3.02. The Morgan fingerprint density at radius 2 is 2.00 bits per heavy atom.